The summed E-state index contributed by atoms with van der Waals surface area (Å²) in [6.45, 7) is 7.45. The zero-order valence-electron chi connectivity index (χ0n) is 19.7. The molecule has 2 heterocycles. The molecule has 178 valence electrons. The van der Waals surface area contributed by atoms with Crippen LogP contribution < -0.4 is 10.1 Å². The zero-order chi connectivity index (χ0) is 24.2. The Morgan fingerprint density at radius 1 is 1.21 bits per heavy atom. The summed E-state index contributed by atoms with van der Waals surface area (Å²) in [5.74, 6) is 0.580. The zero-order valence-corrected chi connectivity index (χ0v) is 20.4. The van der Waals surface area contributed by atoms with Crippen LogP contribution in [0.4, 0.5) is 0 Å². The number of H-pyrrole nitrogens is 1. The van der Waals surface area contributed by atoms with Crippen molar-refractivity contribution in [2.75, 3.05) is 13.6 Å². The molecule has 0 fully saturated rings. The fourth-order valence-corrected chi connectivity index (χ4v) is 4.03. The van der Waals surface area contributed by atoms with E-state index in [1.807, 2.05) is 58.2 Å². The van der Waals surface area contributed by atoms with Crippen molar-refractivity contribution in [2.24, 2.45) is 0 Å². The second-order valence-corrected chi connectivity index (χ2v) is 9.01. The number of ether oxygens (including phenoxy) is 1. The van der Waals surface area contributed by atoms with Crippen LogP contribution in [0.3, 0.4) is 0 Å². The van der Waals surface area contributed by atoms with Crippen molar-refractivity contribution in [3.05, 3.63) is 75.7 Å². The van der Waals surface area contributed by atoms with Gasteiger partial charge in [0.25, 0.3) is 5.91 Å². The van der Waals surface area contributed by atoms with E-state index < -0.39 is 0 Å². The molecule has 0 saturated carbocycles. The SMILES string of the molecule is Cc1nonc1CN(C)Cc1cccc(O[C@H](C)CNC(=O)c2[nH]c3ccc(Cl)cc3c2C)c1. The maximum Gasteiger partial charge on any atom is 0.268 e. The first-order chi connectivity index (χ1) is 16.3. The molecule has 1 atom stereocenters. The van der Waals surface area contributed by atoms with E-state index in [0.29, 0.717) is 23.8 Å². The maximum atomic E-state index is 12.8. The number of hydrogen-bond donors (Lipinski definition) is 2. The molecule has 1 amide bonds. The van der Waals surface area contributed by atoms with Crippen molar-refractivity contribution in [3.63, 3.8) is 0 Å². The lowest BCUT2D eigenvalue weighted by atomic mass is 10.1. The van der Waals surface area contributed by atoms with E-state index in [9.17, 15) is 4.79 Å². The van der Waals surface area contributed by atoms with Gasteiger partial charge in [0.1, 0.15) is 28.9 Å². The Bertz CT molecular complexity index is 1300. The summed E-state index contributed by atoms with van der Waals surface area (Å²) >= 11 is 6.09. The van der Waals surface area contributed by atoms with Crippen LogP contribution in [0.1, 0.15) is 39.9 Å². The minimum absolute atomic E-state index is 0.173. The van der Waals surface area contributed by atoms with E-state index in [4.69, 9.17) is 21.0 Å². The second kappa shape index (κ2) is 10.3. The van der Waals surface area contributed by atoms with Crippen LogP contribution in [0.2, 0.25) is 5.02 Å². The molecular formula is C25H28ClN5O3. The number of carbonyl (C=O) groups is 1. The largest absolute Gasteiger partial charge is 0.489 e. The van der Waals surface area contributed by atoms with Crippen LogP contribution in [0.25, 0.3) is 10.9 Å². The molecule has 0 aliphatic heterocycles. The first kappa shape index (κ1) is 23.8. The maximum absolute atomic E-state index is 12.8. The minimum atomic E-state index is -0.208. The standard InChI is InChI=1S/C25H28ClN5O3/c1-15(12-27-25(32)24-16(2)21-11-19(26)8-9-22(21)28-24)33-20-7-5-6-18(10-20)13-31(4)14-23-17(3)29-34-30-23/h5-11,15,28H,12-14H2,1-4H3,(H,27,32)/t15-/m1/s1. The lowest BCUT2D eigenvalue weighted by Crippen LogP contribution is -2.34. The summed E-state index contributed by atoms with van der Waals surface area (Å²) in [6.07, 6.45) is -0.208. The van der Waals surface area contributed by atoms with Crippen LogP contribution in [0, 0.1) is 13.8 Å². The van der Waals surface area contributed by atoms with Crippen LogP contribution in [0.5, 0.6) is 5.75 Å². The van der Waals surface area contributed by atoms with Gasteiger partial charge in [-0.25, -0.2) is 4.63 Å². The number of hydrogen-bond acceptors (Lipinski definition) is 6. The minimum Gasteiger partial charge on any atom is -0.489 e. The van der Waals surface area contributed by atoms with Gasteiger partial charge in [-0.15, -0.1) is 0 Å². The monoisotopic (exact) mass is 481 g/mol. The quantitative estimate of drug-likeness (QED) is 0.361. The van der Waals surface area contributed by atoms with E-state index in [0.717, 1.165) is 45.7 Å². The van der Waals surface area contributed by atoms with Crippen LogP contribution in [-0.4, -0.2) is 45.8 Å². The molecule has 4 aromatic rings. The number of nitrogens with zero attached hydrogens (tertiary/aromatic N) is 3. The van der Waals surface area contributed by atoms with Crippen molar-refractivity contribution in [1.29, 1.82) is 0 Å². The molecule has 9 heteroatoms. The van der Waals surface area contributed by atoms with Crippen molar-refractivity contribution in [3.8, 4) is 5.75 Å². The predicted octanol–water partition coefficient (Wildman–Crippen LogP) is 4.65. The normalized spacial score (nSPS) is 12.3. The first-order valence-corrected chi connectivity index (χ1v) is 11.5. The number of aryl methyl sites for hydroxylation is 2. The molecule has 34 heavy (non-hydrogen) atoms. The van der Waals surface area contributed by atoms with E-state index in [1.165, 1.54) is 0 Å². The smallest absolute Gasteiger partial charge is 0.268 e. The van der Waals surface area contributed by atoms with E-state index in [1.54, 1.807) is 6.07 Å². The number of aromatic amines is 1. The summed E-state index contributed by atoms with van der Waals surface area (Å²) in [5.41, 5.74) is 5.02. The molecule has 0 bridgehead atoms. The molecule has 8 nitrogen and oxygen atoms in total. The van der Waals surface area contributed by atoms with Crippen molar-refractivity contribution in [1.82, 2.24) is 25.5 Å². The number of rotatable bonds is 9. The van der Waals surface area contributed by atoms with E-state index in [2.05, 4.69) is 31.6 Å². The van der Waals surface area contributed by atoms with Gasteiger partial charge in [-0.1, -0.05) is 34.0 Å². The predicted molar refractivity (Wildman–Crippen MR) is 131 cm³/mol. The molecule has 4 rings (SSSR count). The summed E-state index contributed by atoms with van der Waals surface area (Å²) in [7, 11) is 2.01. The van der Waals surface area contributed by atoms with Crippen LogP contribution >= 0.6 is 11.6 Å². The van der Waals surface area contributed by atoms with Gasteiger partial charge < -0.3 is 15.0 Å². The Hall–Kier alpha value is -3.36. The number of nitrogens with one attached hydrogen (secondary N) is 2. The highest BCUT2D eigenvalue weighted by Gasteiger charge is 2.16. The average Bonchev–Trinajstić information content (AvgIpc) is 3.35. The van der Waals surface area contributed by atoms with Crippen molar-refractivity contribution in [2.45, 2.75) is 40.0 Å². The Kier molecular flexibility index (Phi) is 7.19. The van der Waals surface area contributed by atoms with Gasteiger partial charge in [0, 0.05) is 29.0 Å². The highest BCUT2D eigenvalue weighted by atomic mass is 35.5. The number of benzene rings is 2. The number of amides is 1. The van der Waals surface area contributed by atoms with Crippen LogP contribution in [0.15, 0.2) is 47.1 Å². The first-order valence-electron chi connectivity index (χ1n) is 11.1. The molecule has 0 spiro atoms. The third-order valence-electron chi connectivity index (χ3n) is 5.65. The molecule has 0 saturated heterocycles. The summed E-state index contributed by atoms with van der Waals surface area (Å²) < 4.78 is 10.8. The average molecular weight is 482 g/mol. The molecule has 0 unspecified atom stereocenters. The third kappa shape index (κ3) is 5.58. The van der Waals surface area contributed by atoms with Gasteiger partial charge in [0.05, 0.1) is 6.54 Å². The molecule has 0 aliphatic rings. The molecule has 2 N–H and O–H groups in total. The fraction of sp³-hybridized carbons (Fsp3) is 0.320. The number of aromatic nitrogens is 3. The number of halogens is 1. The Labute approximate surface area is 203 Å². The van der Waals surface area contributed by atoms with Gasteiger partial charge in [0.2, 0.25) is 0 Å². The van der Waals surface area contributed by atoms with E-state index >= 15 is 0 Å². The fourth-order valence-electron chi connectivity index (χ4n) is 3.86. The summed E-state index contributed by atoms with van der Waals surface area (Å²) in [4.78, 5) is 18.1. The van der Waals surface area contributed by atoms with Gasteiger partial charge >= 0.3 is 0 Å². The van der Waals surface area contributed by atoms with E-state index in [-0.39, 0.29) is 12.0 Å². The van der Waals surface area contributed by atoms with Gasteiger partial charge in [0.15, 0.2) is 0 Å². The lowest BCUT2D eigenvalue weighted by Gasteiger charge is -2.18. The topological polar surface area (TPSA) is 96.3 Å². The Balaban J connectivity index is 1.32. The number of carbonyl (C=O) groups excluding carboxylic acids is 1. The Morgan fingerprint density at radius 3 is 2.79 bits per heavy atom. The molecule has 2 aromatic heterocycles. The third-order valence-corrected chi connectivity index (χ3v) is 5.89. The highest BCUT2D eigenvalue weighted by molar-refractivity contribution is 6.31. The van der Waals surface area contributed by atoms with Gasteiger partial charge in [-0.2, -0.15) is 0 Å². The Morgan fingerprint density at radius 2 is 2.03 bits per heavy atom. The molecule has 2 aromatic carbocycles. The molecule has 0 radical (unpaired) electrons. The van der Waals surface area contributed by atoms with Gasteiger partial charge in [-0.3, -0.25) is 9.69 Å². The van der Waals surface area contributed by atoms with Crippen molar-refractivity contribution < 1.29 is 14.2 Å². The molecular weight excluding hydrogens is 454 g/mol. The highest BCUT2D eigenvalue weighted by Crippen LogP contribution is 2.25. The summed E-state index contributed by atoms with van der Waals surface area (Å²) in [6, 6.07) is 13.5. The van der Waals surface area contributed by atoms with Gasteiger partial charge in [-0.05, 0) is 69.3 Å². The molecule has 0 aliphatic carbocycles. The lowest BCUT2D eigenvalue weighted by molar-refractivity contribution is 0.0927. The second-order valence-electron chi connectivity index (χ2n) is 8.57. The van der Waals surface area contributed by atoms with Crippen molar-refractivity contribution >= 4 is 28.4 Å². The number of fused-ring (bicyclic) bond motifs is 1. The summed E-state index contributed by atoms with van der Waals surface area (Å²) in [5, 5.41) is 12.3. The van der Waals surface area contributed by atoms with Crippen LogP contribution in [-0.2, 0) is 13.1 Å².